The molecule has 0 saturated carbocycles. The van der Waals surface area contributed by atoms with Gasteiger partial charge in [0.15, 0.2) is 18.2 Å². The number of aromatic nitrogens is 1. The highest BCUT2D eigenvalue weighted by Gasteiger charge is 2.44. The second kappa shape index (κ2) is 6.12. The van der Waals surface area contributed by atoms with Crippen LogP contribution >= 0.6 is 0 Å². The number of nitrogens with one attached hydrogen (secondary N) is 1. The van der Waals surface area contributed by atoms with Crippen molar-refractivity contribution in [3.05, 3.63) is 54.4 Å². The van der Waals surface area contributed by atoms with Gasteiger partial charge >= 0.3 is 0 Å². The van der Waals surface area contributed by atoms with E-state index in [4.69, 9.17) is 0 Å². The van der Waals surface area contributed by atoms with Crippen molar-refractivity contribution in [1.82, 2.24) is 0 Å². The van der Waals surface area contributed by atoms with Crippen molar-refractivity contribution in [3.8, 4) is 0 Å². The van der Waals surface area contributed by atoms with E-state index in [1.807, 2.05) is 18.2 Å². The Bertz CT molecular complexity index is 874. The Hall–Kier alpha value is -3.02. The van der Waals surface area contributed by atoms with Crippen LogP contribution in [0.3, 0.4) is 0 Å². The summed E-state index contributed by atoms with van der Waals surface area (Å²) in [6.45, 7) is 4.95. The third-order valence-corrected chi connectivity index (χ3v) is 4.34. The van der Waals surface area contributed by atoms with Crippen LogP contribution in [0.15, 0.2) is 48.8 Å². The summed E-state index contributed by atoms with van der Waals surface area (Å²) in [4.78, 5) is 38.5. The Labute approximate surface area is 146 Å². The summed E-state index contributed by atoms with van der Waals surface area (Å²) in [5, 5.41) is 2.84. The molecule has 25 heavy (non-hydrogen) atoms. The van der Waals surface area contributed by atoms with E-state index in [0.29, 0.717) is 16.9 Å². The first kappa shape index (κ1) is 16.8. The van der Waals surface area contributed by atoms with Crippen LogP contribution in [0, 0.1) is 0 Å². The lowest BCUT2D eigenvalue weighted by molar-refractivity contribution is -0.684. The number of ketones is 1. The van der Waals surface area contributed by atoms with Crippen molar-refractivity contribution in [2.24, 2.45) is 0 Å². The number of hydrogen-bond acceptors (Lipinski definition) is 3. The average Bonchev–Trinajstić information content (AvgIpc) is 2.55. The standard InChI is InChI=1S/C19H19N3O3/c1-13(23)14-7-6-10-21(11-14)12-17(24)22-16-9-5-4-8-15(16)20-18(25)19(22,2)3/h4-11H,12H2,1-3H3/p+1. The average molecular weight is 338 g/mol. The lowest BCUT2D eigenvalue weighted by Gasteiger charge is -2.41. The summed E-state index contributed by atoms with van der Waals surface area (Å²) < 4.78 is 1.66. The third kappa shape index (κ3) is 3.03. The Balaban J connectivity index is 1.96. The smallest absolute Gasteiger partial charge is 0.293 e. The topological polar surface area (TPSA) is 70.4 Å². The fourth-order valence-electron chi connectivity index (χ4n) is 2.95. The Morgan fingerprint density at radius 3 is 2.60 bits per heavy atom. The highest BCUT2D eigenvalue weighted by Crippen LogP contribution is 2.36. The number of carbonyl (C=O) groups is 3. The number of rotatable bonds is 3. The monoisotopic (exact) mass is 338 g/mol. The molecule has 0 aliphatic carbocycles. The zero-order valence-corrected chi connectivity index (χ0v) is 14.4. The van der Waals surface area contributed by atoms with Gasteiger partial charge in [0.2, 0.25) is 12.5 Å². The first-order valence-corrected chi connectivity index (χ1v) is 8.04. The van der Waals surface area contributed by atoms with Crippen LogP contribution in [0.5, 0.6) is 0 Å². The molecule has 1 aromatic heterocycles. The molecule has 1 aromatic carbocycles. The van der Waals surface area contributed by atoms with E-state index in [0.717, 1.165) is 0 Å². The molecule has 2 amide bonds. The molecule has 2 aromatic rings. The van der Waals surface area contributed by atoms with Crippen molar-refractivity contribution in [3.63, 3.8) is 0 Å². The molecule has 0 unspecified atom stereocenters. The van der Waals surface area contributed by atoms with E-state index in [9.17, 15) is 14.4 Å². The molecular formula is C19H20N3O3+. The molecule has 2 heterocycles. The minimum Gasteiger partial charge on any atom is -0.322 e. The second-order valence-corrected chi connectivity index (χ2v) is 6.58. The number of carbonyl (C=O) groups excluding carboxylic acids is 3. The number of anilines is 2. The third-order valence-electron chi connectivity index (χ3n) is 4.34. The van der Waals surface area contributed by atoms with E-state index >= 15 is 0 Å². The maximum atomic E-state index is 13.0. The van der Waals surface area contributed by atoms with Gasteiger partial charge in [-0.1, -0.05) is 12.1 Å². The first-order valence-electron chi connectivity index (χ1n) is 8.04. The number of amides is 2. The number of para-hydroxylation sites is 2. The number of nitrogens with zero attached hydrogens (tertiary/aromatic N) is 2. The molecule has 6 nitrogen and oxygen atoms in total. The van der Waals surface area contributed by atoms with Gasteiger partial charge in [-0.3, -0.25) is 19.3 Å². The van der Waals surface area contributed by atoms with Crippen LogP contribution in [0.2, 0.25) is 0 Å². The van der Waals surface area contributed by atoms with Crippen LogP contribution in [0.1, 0.15) is 31.1 Å². The predicted octanol–water partition coefficient (Wildman–Crippen LogP) is 1.94. The molecule has 1 aliphatic rings. The summed E-state index contributed by atoms with van der Waals surface area (Å²) in [5.74, 6) is -0.523. The van der Waals surface area contributed by atoms with Gasteiger partial charge in [-0.15, -0.1) is 0 Å². The van der Waals surface area contributed by atoms with E-state index in [-0.39, 0.29) is 24.1 Å². The van der Waals surface area contributed by atoms with Crippen molar-refractivity contribution < 1.29 is 19.0 Å². The summed E-state index contributed by atoms with van der Waals surface area (Å²) in [7, 11) is 0. The van der Waals surface area contributed by atoms with Crippen LogP contribution in [0.25, 0.3) is 0 Å². The molecule has 0 bridgehead atoms. The number of benzene rings is 1. The fourth-order valence-corrected chi connectivity index (χ4v) is 2.95. The minimum atomic E-state index is -1.01. The zero-order chi connectivity index (χ0) is 18.2. The first-order chi connectivity index (χ1) is 11.8. The van der Waals surface area contributed by atoms with Gasteiger partial charge in [-0.05, 0) is 39.0 Å². The number of pyridine rings is 1. The van der Waals surface area contributed by atoms with E-state index in [1.165, 1.54) is 11.8 Å². The van der Waals surface area contributed by atoms with Gasteiger partial charge in [0.1, 0.15) is 5.54 Å². The van der Waals surface area contributed by atoms with Crippen LogP contribution in [-0.2, 0) is 16.1 Å². The van der Waals surface area contributed by atoms with Gasteiger partial charge < -0.3 is 5.32 Å². The van der Waals surface area contributed by atoms with E-state index in [1.54, 1.807) is 49.0 Å². The summed E-state index contributed by atoms with van der Waals surface area (Å²) >= 11 is 0. The molecule has 6 heteroatoms. The van der Waals surface area contributed by atoms with Crippen molar-refractivity contribution in [1.29, 1.82) is 0 Å². The maximum absolute atomic E-state index is 13.0. The maximum Gasteiger partial charge on any atom is 0.293 e. The molecule has 3 rings (SSSR count). The van der Waals surface area contributed by atoms with Crippen LogP contribution < -0.4 is 14.8 Å². The molecule has 0 saturated heterocycles. The SMILES string of the molecule is CC(=O)c1ccc[n+](CC(=O)N2c3ccccc3NC(=O)C2(C)C)c1. The van der Waals surface area contributed by atoms with Gasteiger partial charge in [0, 0.05) is 6.07 Å². The van der Waals surface area contributed by atoms with Crippen LogP contribution in [-0.4, -0.2) is 23.1 Å². The van der Waals surface area contributed by atoms with E-state index in [2.05, 4.69) is 5.32 Å². The normalized spacial score (nSPS) is 15.3. The van der Waals surface area contributed by atoms with Gasteiger partial charge in [-0.2, -0.15) is 4.57 Å². The minimum absolute atomic E-state index is 0.0339. The van der Waals surface area contributed by atoms with Crippen molar-refractivity contribution in [2.75, 3.05) is 10.2 Å². The predicted molar refractivity (Wildman–Crippen MR) is 93.3 cm³/mol. The van der Waals surface area contributed by atoms with Crippen molar-refractivity contribution >= 4 is 29.0 Å². The summed E-state index contributed by atoms with van der Waals surface area (Å²) in [5.41, 5.74) is 0.805. The quantitative estimate of drug-likeness (QED) is 0.687. The summed E-state index contributed by atoms with van der Waals surface area (Å²) in [6, 6.07) is 10.7. The van der Waals surface area contributed by atoms with Crippen LogP contribution in [0.4, 0.5) is 11.4 Å². The Kier molecular flexibility index (Phi) is 4.12. The lowest BCUT2D eigenvalue weighted by Crippen LogP contribution is -2.60. The van der Waals surface area contributed by atoms with Gasteiger partial charge in [-0.25, -0.2) is 0 Å². The molecule has 1 aliphatic heterocycles. The largest absolute Gasteiger partial charge is 0.322 e. The van der Waals surface area contributed by atoms with Crippen molar-refractivity contribution in [2.45, 2.75) is 32.9 Å². The number of Topliss-reactive ketones (excluding diaryl/α,β-unsaturated/α-hetero) is 1. The molecule has 0 radical (unpaired) electrons. The molecule has 0 spiro atoms. The summed E-state index contributed by atoms with van der Waals surface area (Å²) in [6.07, 6.45) is 3.37. The fraction of sp³-hybridized carbons (Fsp3) is 0.263. The highest BCUT2D eigenvalue weighted by molar-refractivity contribution is 6.13. The Morgan fingerprint density at radius 1 is 1.16 bits per heavy atom. The number of fused-ring (bicyclic) bond motifs is 1. The Morgan fingerprint density at radius 2 is 1.88 bits per heavy atom. The van der Waals surface area contributed by atoms with Gasteiger partial charge in [0.05, 0.1) is 16.9 Å². The molecule has 0 atom stereocenters. The molecule has 0 fully saturated rings. The zero-order valence-electron chi connectivity index (χ0n) is 14.4. The molecule has 128 valence electrons. The second-order valence-electron chi connectivity index (χ2n) is 6.58. The molecule has 1 N–H and O–H groups in total. The highest BCUT2D eigenvalue weighted by atomic mass is 16.2. The van der Waals surface area contributed by atoms with Gasteiger partial charge in [0.25, 0.3) is 5.91 Å². The lowest BCUT2D eigenvalue weighted by atomic mass is 9.96. The number of hydrogen-bond donors (Lipinski definition) is 1. The van der Waals surface area contributed by atoms with E-state index < -0.39 is 5.54 Å². The molecular weight excluding hydrogens is 318 g/mol.